The third-order valence-corrected chi connectivity index (χ3v) is 12.9. The summed E-state index contributed by atoms with van der Waals surface area (Å²) in [7, 11) is 1.89. The van der Waals surface area contributed by atoms with Crippen LogP contribution in [0.1, 0.15) is 272 Å². The molecule has 0 aliphatic heterocycles. The van der Waals surface area contributed by atoms with Gasteiger partial charge in [0, 0.05) is 31.9 Å². The fraction of sp³-hybridized carbons (Fsp3) is 0.943. The number of nitrogens with one attached hydrogen (secondary N) is 1. The van der Waals surface area contributed by atoms with Crippen LogP contribution in [0.5, 0.6) is 0 Å². The second-order valence-corrected chi connectivity index (χ2v) is 18.8. The van der Waals surface area contributed by atoms with Gasteiger partial charge < -0.3 is 24.5 Å². The van der Waals surface area contributed by atoms with Crippen LogP contribution in [0.3, 0.4) is 0 Å². The first-order valence-corrected chi connectivity index (χ1v) is 26.5. The number of esters is 1. The van der Waals surface area contributed by atoms with Crippen molar-refractivity contribution in [1.82, 2.24) is 10.2 Å². The number of hydrogen-bond acceptors (Lipinski definition) is 6. The van der Waals surface area contributed by atoms with Crippen molar-refractivity contribution in [3.8, 4) is 0 Å². The van der Waals surface area contributed by atoms with Crippen molar-refractivity contribution in [3.63, 3.8) is 0 Å². The zero-order chi connectivity index (χ0) is 44.2. The maximum absolute atomic E-state index is 12.3. The topological polar surface area (TPSA) is 84.9 Å². The van der Waals surface area contributed by atoms with E-state index in [1.807, 2.05) is 7.11 Å². The van der Waals surface area contributed by atoms with Gasteiger partial charge in [-0.1, -0.05) is 182 Å². The molecule has 0 spiro atoms. The Labute approximate surface area is 374 Å². The van der Waals surface area contributed by atoms with E-state index in [4.69, 9.17) is 9.47 Å². The summed E-state index contributed by atoms with van der Waals surface area (Å²) in [6.07, 6.45) is 46.1. The Balaban J connectivity index is 0.00000153. The van der Waals surface area contributed by atoms with Gasteiger partial charge in [-0.3, -0.25) is 9.59 Å². The molecule has 1 amide bonds. The molecule has 0 aromatic rings. The fourth-order valence-electron chi connectivity index (χ4n) is 8.12. The minimum atomic E-state index is -0.0917. The highest BCUT2D eigenvalue weighted by Gasteiger charge is 2.44. The molecule has 7 heteroatoms. The maximum atomic E-state index is 12.3. The average molecular weight is 849 g/mol. The first-order chi connectivity index (χ1) is 29.3. The third kappa shape index (κ3) is 38.2. The predicted octanol–water partition coefficient (Wildman–Crippen LogP) is 15.0. The van der Waals surface area contributed by atoms with Crippen LogP contribution in [0.4, 0.5) is 0 Å². The quantitative estimate of drug-likeness (QED) is 0.0373. The van der Waals surface area contributed by atoms with Crippen LogP contribution < -0.4 is 5.32 Å². The Hall–Kier alpha value is -1.47. The number of carbonyl (C=O) groups excluding carboxylic acids is 3. The third-order valence-electron chi connectivity index (χ3n) is 12.9. The predicted molar refractivity (Wildman–Crippen MR) is 258 cm³/mol. The van der Waals surface area contributed by atoms with Crippen molar-refractivity contribution in [1.29, 1.82) is 0 Å². The zero-order valence-corrected chi connectivity index (χ0v) is 41.2. The van der Waals surface area contributed by atoms with Gasteiger partial charge in [-0.15, -0.1) is 0 Å². The molecule has 0 aromatic carbocycles. The lowest BCUT2D eigenvalue weighted by Gasteiger charge is -2.22. The van der Waals surface area contributed by atoms with E-state index in [-0.39, 0.29) is 23.4 Å². The number of methoxy groups -OCH3 is 1. The number of unbranched alkanes of at least 4 members (excludes halogenated alkanes) is 24. The summed E-state index contributed by atoms with van der Waals surface area (Å²) in [6.45, 7) is 15.0. The van der Waals surface area contributed by atoms with E-state index in [1.54, 1.807) is 0 Å². The molecule has 0 bridgehead atoms. The summed E-state index contributed by atoms with van der Waals surface area (Å²) in [4.78, 5) is 37.6. The highest BCUT2D eigenvalue weighted by molar-refractivity contribution is 5.84. The van der Waals surface area contributed by atoms with Crippen LogP contribution >= 0.6 is 0 Å². The highest BCUT2D eigenvalue weighted by Crippen LogP contribution is 2.44. The van der Waals surface area contributed by atoms with Crippen LogP contribution in [0.15, 0.2) is 0 Å². The number of ether oxygens (including phenoxy) is 2. The molecule has 1 aliphatic carbocycles. The van der Waals surface area contributed by atoms with Gasteiger partial charge in [0.2, 0.25) is 5.91 Å². The van der Waals surface area contributed by atoms with Crippen molar-refractivity contribution in [2.24, 2.45) is 5.41 Å². The molecule has 0 radical (unpaired) electrons. The normalized spacial score (nSPS) is 13.6. The van der Waals surface area contributed by atoms with E-state index >= 15 is 0 Å². The van der Waals surface area contributed by atoms with E-state index < -0.39 is 0 Å². The lowest BCUT2D eigenvalue weighted by Crippen LogP contribution is -2.34. The molecule has 1 unspecified atom stereocenters. The van der Waals surface area contributed by atoms with Gasteiger partial charge in [-0.05, 0) is 96.7 Å². The van der Waals surface area contributed by atoms with Crippen molar-refractivity contribution < 1.29 is 23.9 Å². The summed E-state index contributed by atoms with van der Waals surface area (Å²) < 4.78 is 11.4. The van der Waals surface area contributed by atoms with Crippen LogP contribution in [-0.2, 0) is 23.9 Å². The Bertz CT molecular complexity index is 924. The molecular weight excluding hydrogens is 745 g/mol. The van der Waals surface area contributed by atoms with Crippen LogP contribution in [-0.4, -0.2) is 68.6 Å². The average Bonchev–Trinajstić information content (AvgIpc) is 4.02. The lowest BCUT2D eigenvalue weighted by molar-refractivity contribution is -0.149. The van der Waals surface area contributed by atoms with Gasteiger partial charge in [0.15, 0.2) is 0 Å². The monoisotopic (exact) mass is 849 g/mol. The molecule has 1 atom stereocenters. The Morgan fingerprint density at radius 3 is 1.43 bits per heavy atom. The first kappa shape index (κ1) is 58.5. The van der Waals surface area contributed by atoms with Crippen LogP contribution in [0.25, 0.3) is 0 Å². The lowest BCUT2D eigenvalue weighted by atomic mass is 10.0. The molecule has 1 rings (SSSR count). The van der Waals surface area contributed by atoms with Crippen molar-refractivity contribution in [3.05, 3.63) is 0 Å². The van der Waals surface area contributed by atoms with Gasteiger partial charge in [-0.25, -0.2) is 0 Å². The van der Waals surface area contributed by atoms with Crippen molar-refractivity contribution in [2.45, 2.75) is 284 Å². The van der Waals surface area contributed by atoms with Crippen molar-refractivity contribution in [2.75, 3.05) is 33.3 Å². The Kier molecular flexibility index (Phi) is 43.1. The molecule has 7 nitrogen and oxygen atoms in total. The summed E-state index contributed by atoms with van der Waals surface area (Å²) >= 11 is 0. The number of hydrogen-bond donors (Lipinski definition) is 1. The second kappa shape index (κ2) is 44.1. The molecule has 1 saturated carbocycles. The van der Waals surface area contributed by atoms with Crippen LogP contribution in [0, 0.1) is 5.41 Å². The van der Waals surface area contributed by atoms with E-state index in [1.165, 1.54) is 167 Å². The molecular formula is C53H104N2O5. The molecule has 0 heterocycles. The number of nitrogens with zero attached hydrogens (tertiary/aromatic N) is 1. The molecule has 1 fully saturated rings. The second-order valence-electron chi connectivity index (χ2n) is 18.8. The molecule has 356 valence electrons. The highest BCUT2D eigenvalue weighted by atomic mass is 16.5. The molecule has 60 heavy (non-hydrogen) atoms. The minimum absolute atomic E-state index is 0.0112. The Morgan fingerprint density at radius 2 is 0.983 bits per heavy atom. The minimum Gasteiger partial charge on any atom is -0.462 e. The summed E-state index contributed by atoms with van der Waals surface area (Å²) in [6, 6.07) is 0. The number of rotatable bonds is 45. The summed E-state index contributed by atoms with van der Waals surface area (Å²) in [5.41, 5.74) is -0.0917. The van der Waals surface area contributed by atoms with E-state index in [2.05, 4.69) is 44.8 Å². The molecule has 0 aromatic heterocycles. The van der Waals surface area contributed by atoms with Gasteiger partial charge >= 0.3 is 5.97 Å². The molecule has 1 N–H and O–H groups in total. The molecule has 0 saturated heterocycles. The zero-order valence-electron chi connectivity index (χ0n) is 41.2. The van der Waals surface area contributed by atoms with Gasteiger partial charge in [-0.2, -0.15) is 0 Å². The number of carbonyl (C=O) groups is 3. The van der Waals surface area contributed by atoms with Gasteiger partial charge in [0.25, 0.3) is 0 Å². The Morgan fingerprint density at radius 1 is 0.567 bits per heavy atom. The first-order valence-electron chi connectivity index (χ1n) is 26.5. The summed E-state index contributed by atoms with van der Waals surface area (Å²) in [5, 5.41) is 3.14. The van der Waals surface area contributed by atoms with E-state index in [0.29, 0.717) is 18.9 Å². The van der Waals surface area contributed by atoms with Crippen molar-refractivity contribution >= 4 is 18.2 Å². The number of amides is 1. The van der Waals surface area contributed by atoms with E-state index in [9.17, 15) is 14.4 Å². The largest absolute Gasteiger partial charge is 0.462 e. The SMILES string of the molecule is CCCCCCCCC(CC)OC(=O)CCCCCCCN(CCCCCCCC=O)CCCNC(=O)C1(C)CC1.CCCCCCCCC(CCCCCCCC)OC. The smallest absolute Gasteiger partial charge is 0.306 e. The number of aldehydes is 1. The standard InChI is InChI=1S/C35H66N2O4.C18H38O/c1-4-6-7-8-12-17-23-32(5-2)41-33(39)24-18-13-11-15-20-29-37(28-19-14-9-10-16-21-31-38)30-22-27-36-34(40)35(3)25-26-35;1-4-6-8-10-12-14-16-18(19-3)17-15-13-11-9-7-5-2/h31-32H,4-30H2,1-3H3,(H,36,40);18H,4-17H2,1-3H3. The fourth-order valence-corrected chi connectivity index (χ4v) is 8.12. The van der Waals surface area contributed by atoms with Gasteiger partial charge in [0.1, 0.15) is 12.4 Å². The van der Waals surface area contributed by atoms with Gasteiger partial charge in [0.05, 0.1) is 6.10 Å². The van der Waals surface area contributed by atoms with Crippen LogP contribution in [0.2, 0.25) is 0 Å². The summed E-state index contributed by atoms with van der Waals surface area (Å²) in [5.74, 6) is 0.217. The molecule has 1 aliphatic rings. The van der Waals surface area contributed by atoms with E-state index in [0.717, 1.165) is 90.3 Å². The maximum Gasteiger partial charge on any atom is 0.306 e.